The lowest BCUT2D eigenvalue weighted by molar-refractivity contribution is 0.0542. The second kappa shape index (κ2) is 9.70. The Morgan fingerprint density at radius 1 is 1.14 bits per heavy atom. The van der Waals surface area contributed by atoms with E-state index in [9.17, 15) is 9.59 Å². The quantitative estimate of drug-likeness (QED) is 0.516. The van der Waals surface area contributed by atoms with E-state index >= 15 is 4.39 Å². The highest BCUT2D eigenvalue weighted by atomic mass is 19.1. The SMILES string of the molecule is COC(=O)c1ccc(C2CNCC[C@H]2Oc2c(F)cc(C)c3c2ccn3C(=O)OC(C)(C)C)cc1. The van der Waals surface area contributed by atoms with E-state index in [1.54, 1.807) is 52.1 Å². The van der Waals surface area contributed by atoms with Crippen LogP contribution >= 0.6 is 0 Å². The third-order valence-electron chi connectivity index (χ3n) is 6.10. The fourth-order valence-corrected chi connectivity index (χ4v) is 4.50. The highest BCUT2D eigenvalue weighted by Gasteiger charge is 2.31. The van der Waals surface area contributed by atoms with Gasteiger partial charge in [0, 0.05) is 24.0 Å². The second-order valence-electron chi connectivity index (χ2n) is 9.80. The summed E-state index contributed by atoms with van der Waals surface area (Å²) in [6.45, 7) is 8.53. The van der Waals surface area contributed by atoms with Crippen LogP contribution in [0.15, 0.2) is 42.6 Å². The van der Waals surface area contributed by atoms with Gasteiger partial charge in [0.05, 0.1) is 18.2 Å². The highest BCUT2D eigenvalue weighted by molar-refractivity contribution is 5.95. The van der Waals surface area contributed by atoms with Crippen LogP contribution < -0.4 is 10.1 Å². The Bertz CT molecular complexity index is 1240. The fraction of sp³-hybridized carbons (Fsp3) is 0.407. The molecule has 1 fully saturated rings. The molecule has 0 aliphatic carbocycles. The molecular formula is C27H31FN2O5. The van der Waals surface area contributed by atoms with Gasteiger partial charge in [-0.15, -0.1) is 0 Å². The van der Waals surface area contributed by atoms with Crippen molar-refractivity contribution in [1.82, 2.24) is 9.88 Å². The van der Waals surface area contributed by atoms with Gasteiger partial charge in [-0.05, 0) is 76.1 Å². The Morgan fingerprint density at radius 2 is 1.86 bits per heavy atom. The molecule has 2 atom stereocenters. The van der Waals surface area contributed by atoms with Crippen LogP contribution in [-0.4, -0.2) is 48.5 Å². The van der Waals surface area contributed by atoms with Crippen molar-refractivity contribution in [2.45, 2.75) is 51.7 Å². The van der Waals surface area contributed by atoms with Crippen molar-refractivity contribution in [3.05, 3.63) is 65.1 Å². The molecule has 3 aromatic rings. The number of fused-ring (bicyclic) bond motifs is 1. The number of halogens is 1. The molecule has 1 N–H and O–H groups in total. The number of benzene rings is 2. The van der Waals surface area contributed by atoms with Gasteiger partial charge in [-0.3, -0.25) is 4.57 Å². The Labute approximate surface area is 204 Å². The summed E-state index contributed by atoms with van der Waals surface area (Å²) in [7, 11) is 1.35. The Kier molecular flexibility index (Phi) is 6.85. The zero-order valence-electron chi connectivity index (χ0n) is 20.7. The first-order chi connectivity index (χ1) is 16.6. The van der Waals surface area contributed by atoms with Crippen molar-refractivity contribution >= 4 is 23.0 Å². The second-order valence-corrected chi connectivity index (χ2v) is 9.80. The molecule has 186 valence electrons. The highest BCUT2D eigenvalue weighted by Crippen LogP contribution is 2.36. The van der Waals surface area contributed by atoms with Gasteiger partial charge in [-0.25, -0.2) is 14.0 Å². The monoisotopic (exact) mass is 482 g/mol. The van der Waals surface area contributed by atoms with E-state index in [1.807, 2.05) is 12.1 Å². The fourth-order valence-electron chi connectivity index (χ4n) is 4.50. The maximum absolute atomic E-state index is 15.2. The molecule has 35 heavy (non-hydrogen) atoms. The maximum atomic E-state index is 15.2. The molecule has 7 nitrogen and oxygen atoms in total. The summed E-state index contributed by atoms with van der Waals surface area (Å²) >= 11 is 0. The van der Waals surface area contributed by atoms with Gasteiger partial charge in [0.15, 0.2) is 11.6 Å². The van der Waals surface area contributed by atoms with E-state index in [0.29, 0.717) is 35.0 Å². The Balaban J connectivity index is 1.67. The minimum absolute atomic E-state index is 0.0564. The predicted octanol–water partition coefficient (Wildman–Crippen LogP) is 5.18. The van der Waals surface area contributed by atoms with Crippen LogP contribution in [0, 0.1) is 12.7 Å². The number of methoxy groups -OCH3 is 1. The van der Waals surface area contributed by atoms with Crippen molar-refractivity contribution in [3.63, 3.8) is 0 Å². The lowest BCUT2D eigenvalue weighted by atomic mass is 9.88. The molecule has 2 heterocycles. The number of nitrogens with zero attached hydrogens (tertiary/aromatic N) is 1. The van der Waals surface area contributed by atoms with Gasteiger partial charge in [0.2, 0.25) is 0 Å². The predicted molar refractivity (Wildman–Crippen MR) is 131 cm³/mol. The van der Waals surface area contributed by atoms with E-state index in [4.69, 9.17) is 14.2 Å². The first-order valence-corrected chi connectivity index (χ1v) is 11.7. The number of piperidine rings is 1. The molecule has 0 spiro atoms. The van der Waals surface area contributed by atoms with E-state index in [1.165, 1.54) is 17.7 Å². The van der Waals surface area contributed by atoms with Gasteiger partial charge < -0.3 is 19.5 Å². The molecule has 1 saturated heterocycles. The number of nitrogens with one attached hydrogen (secondary N) is 1. The Hall–Kier alpha value is -3.39. The van der Waals surface area contributed by atoms with E-state index < -0.39 is 23.5 Å². The third kappa shape index (κ3) is 5.17. The lowest BCUT2D eigenvalue weighted by Crippen LogP contribution is -2.41. The summed E-state index contributed by atoms with van der Waals surface area (Å²) < 4.78 is 33.2. The topological polar surface area (TPSA) is 78.8 Å². The average Bonchev–Trinajstić information content (AvgIpc) is 3.26. The van der Waals surface area contributed by atoms with Crippen LogP contribution in [0.2, 0.25) is 0 Å². The van der Waals surface area contributed by atoms with Gasteiger partial charge in [0.1, 0.15) is 11.7 Å². The molecule has 0 amide bonds. The van der Waals surface area contributed by atoms with E-state index in [0.717, 1.165) is 12.1 Å². The summed E-state index contributed by atoms with van der Waals surface area (Å²) in [5.41, 5.74) is 1.95. The summed E-state index contributed by atoms with van der Waals surface area (Å²) in [6.07, 6.45) is 1.43. The van der Waals surface area contributed by atoms with Crippen LogP contribution in [0.4, 0.5) is 9.18 Å². The van der Waals surface area contributed by atoms with Crippen LogP contribution in [0.5, 0.6) is 5.75 Å². The van der Waals surface area contributed by atoms with Crippen molar-refractivity contribution in [2.75, 3.05) is 20.2 Å². The van der Waals surface area contributed by atoms with E-state index in [-0.39, 0.29) is 17.8 Å². The van der Waals surface area contributed by atoms with Gasteiger partial charge >= 0.3 is 12.1 Å². The minimum Gasteiger partial charge on any atom is -0.486 e. The molecule has 0 radical (unpaired) electrons. The normalized spacial score (nSPS) is 18.3. The molecule has 8 heteroatoms. The van der Waals surface area contributed by atoms with Gasteiger partial charge in [-0.1, -0.05) is 12.1 Å². The minimum atomic E-state index is -0.660. The number of aryl methyl sites for hydroxylation is 1. The van der Waals surface area contributed by atoms with E-state index in [2.05, 4.69) is 5.32 Å². The summed E-state index contributed by atoms with van der Waals surface area (Å²) in [5.74, 6) is -0.810. The summed E-state index contributed by atoms with van der Waals surface area (Å²) in [5, 5.41) is 3.89. The number of carbonyl (C=O) groups excluding carboxylic acids is 2. The first-order valence-electron chi connectivity index (χ1n) is 11.7. The van der Waals surface area contributed by atoms with Crippen LogP contribution in [0.25, 0.3) is 10.9 Å². The third-order valence-corrected chi connectivity index (χ3v) is 6.10. The smallest absolute Gasteiger partial charge is 0.419 e. The zero-order chi connectivity index (χ0) is 25.3. The number of hydrogen-bond acceptors (Lipinski definition) is 6. The summed E-state index contributed by atoms with van der Waals surface area (Å²) in [6, 6.07) is 10.3. The van der Waals surface area contributed by atoms with Crippen molar-refractivity contribution in [3.8, 4) is 5.75 Å². The zero-order valence-corrected chi connectivity index (χ0v) is 20.7. The van der Waals surface area contributed by atoms with Crippen molar-refractivity contribution in [2.24, 2.45) is 0 Å². The largest absolute Gasteiger partial charge is 0.486 e. The standard InChI is InChI=1S/C27H31FN2O5/c1-16-14-21(28)24(19-11-13-30(23(16)19)26(32)35-27(2,3)4)34-22-10-12-29-15-20(22)17-6-8-18(9-7-17)25(31)33-5/h6-9,11,13-14,20,22,29H,10,12,15H2,1-5H3/t20?,22-/m1/s1. The molecule has 0 saturated carbocycles. The molecule has 1 aliphatic rings. The average molecular weight is 483 g/mol. The van der Waals surface area contributed by atoms with Crippen LogP contribution in [0.3, 0.4) is 0 Å². The van der Waals surface area contributed by atoms with Crippen LogP contribution in [0.1, 0.15) is 54.6 Å². The van der Waals surface area contributed by atoms with Gasteiger partial charge in [-0.2, -0.15) is 0 Å². The first kappa shape index (κ1) is 24.7. The molecule has 0 bridgehead atoms. The number of carbonyl (C=O) groups is 2. The molecule has 1 aliphatic heterocycles. The number of aromatic nitrogens is 1. The van der Waals surface area contributed by atoms with Crippen molar-refractivity contribution in [1.29, 1.82) is 0 Å². The number of rotatable bonds is 4. The van der Waals surface area contributed by atoms with Gasteiger partial charge in [0.25, 0.3) is 0 Å². The summed E-state index contributed by atoms with van der Waals surface area (Å²) in [4.78, 5) is 24.6. The molecule has 2 aromatic carbocycles. The number of esters is 1. The van der Waals surface area contributed by atoms with Crippen molar-refractivity contribution < 1.29 is 28.2 Å². The Morgan fingerprint density at radius 3 is 2.51 bits per heavy atom. The number of ether oxygens (including phenoxy) is 3. The molecule has 4 rings (SSSR count). The lowest BCUT2D eigenvalue weighted by Gasteiger charge is -2.33. The molecule has 1 unspecified atom stereocenters. The molecular weight excluding hydrogens is 451 g/mol. The molecule has 1 aromatic heterocycles. The van der Waals surface area contributed by atoms with Crippen LogP contribution in [-0.2, 0) is 9.47 Å². The maximum Gasteiger partial charge on any atom is 0.419 e. The number of hydrogen-bond donors (Lipinski definition) is 1.